The minimum atomic E-state index is -0.741. The summed E-state index contributed by atoms with van der Waals surface area (Å²) in [6.07, 6.45) is 13.2. The molecule has 10 heteroatoms. The molecule has 0 spiro atoms. The molecule has 43 heavy (non-hydrogen) atoms. The van der Waals surface area contributed by atoms with E-state index < -0.39 is 11.0 Å². The second-order valence-corrected chi connectivity index (χ2v) is 13.9. The number of fused-ring (bicyclic) bond motifs is 1. The summed E-state index contributed by atoms with van der Waals surface area (Å²) in [5.41, 5.74) is 4.29. The zero-order valence-corrected chi connectivity index (χ0v) is 26.2. The molecule has 232 valence electrons. The smallest absolute Gasteiger partial charge is 0.234 e. The molecule has 2 amide bonds. The largest absolute Gasteiger partial charge is 0.381 e. The normalized spacial score (nSPS) is 31.3. The van der Waals surface area contributed by atoms with Crippen LogP contribution in [0, 0.1) is 17.3 Å². The lowest BCUT2D eigenvalue weighted by atomic mass is 9.78. The van der Waals surface area contributed by atoms with Gasteiger partial charge in [0.2, 0.25) is 11.8 Å². The van der Waals surface area contributed by atoms with Crippen molar-refractivity contribution in [3.05, 3.63) is 35.7 Å². The number of nitrogens with one attached hydrogen (secondary N) is 2. The summed E-state index contributed by atoms with van der Waals surface area (Å²) in [6, 6.07) is 0.439. The van der Waals surface area contributed by atoms with Gasteiger partial charge in [0.25, 0.3) is 0 Å². The number of aromatic nitrogens is 2. The summed E-state index contributed by atoms with van der Waals surface area (Å²) < 4.78 is 7.32. The number of nitrogens with zero attached hydrogens (tertiary/aromatic N) is 5. The average molecular weight is 590 g/mol. The van der Waals surface area contributed by atoms with Crippen LogP contribution >= 0.6 is 0 Å². The Morgan fingerprint density at radius 2 is 2.00 bits per heavy atom. The number of hydrogen-bond donors (Lipinski definition) is 2. The van der Waals surface area contributed by atoms with Gasteiger partial charge in [-0.05, 0) is 83.6 Å². The summed E-state index contributed by atoms with van der Waals surface area (Å²) in [5, 5.41) is 11.1. The van der Waals surface area contributed by atoms with Gasteiger partial charge in [0, 0.05) is 54.2 Å². The highest BCUT2D eigenvalue weighted by Gasteiger charge is 2.41. The van der Waals surface area contributed by atoms with Crippen LogP contribution in [0.4, 0.5) is 0 Å². The van der Waals surface area contributed by atoms with Gasteiger partial charge in [-0.3, -0.25) is 29.2 Å². The number of rotatable bonds is 9. The number of likely N-dealkylation sites (tertiary alicyclic amines) is 1. The van der Waals surface area contributed by atoms with E-state index in [1.54, 1.807) is 0 Å². The highest BCUT2D eigenvalue weighted by molar-refractivity contribution is 6.08. The van der Waals surface area contributed by atoms with E-state index in [9.17, 15) is 9.59 Å². The third kappa shape index (κ3) is 6.55. The molecule has 2 fully saturated rings. The second-order valence-electron chi connectivity index (χ2n) is 13.9. The molecule has 1 aliphatic carbocycles. The van der Waals surface area contributed by atoms with Crippen molar-refractivity contribution >= 4 is 28.8 Å². The van der Waals surface area contributed by atoms with Crippen LogP contribution in [-0.4, -0.2) is 95.4 Å². The van der Waals surface area contributed by atoms with E-state index >= 15 is 0 Å². The quantitative estimate of drug-likeness (QED) is 0.460. The maximum absolute atomic E-state index is 13.7. The van der Waals surface area contributed by atoms with Crippen molar-refractivity contribution < 1.29 is 14.3 Å². The van der Waals surface area contributed by atoms with Crippen molar-refractivity contribution in [1.82, 2.24) is 25.3 Å². The van der Waals surface area contributed by atoms with Gasteiger partial charge in [-0.1, -0.05) is 6.08 Å². The van der Waals surface area contributed by atoms with E-state index in [1.165, 1.54) is 5.57 Å². The molecule has 1 aromatic rings. The molecular weight excluding hydrogens is 542 g/mol. The van der Waals surface area contributed by atoms with Gasteiger partial charge in [-0.15, -0.1) is 0 Å². The van der Waals surface area contributed by atoms with Gasteiger partial charge in [-0.25, -0.2) is 0 Å². The molecule has 5 aliphatic rings. The Morgan fingerprint density at radius 1 is 1.16 bits per heavy atom. The number of ether oxygens (including phenoxy) is 1. The number of amides is 2. The van der Waals surface area contributed by atoms with Crippen LogP contribution < -0.4 is 10.6 Å². The Balaban J connectivity index is 1.10. The van der Waals surface area contributed by atoms with Gasteiger partial charge in [0.15, 0.2) is 0 Å². The molecule has 1 aromatic heterocycles. The maximum Gasteiger partial charge on any atom is 0.234 e. The zero-order chi connectivity index (χ0) is 30.2. The lowest BCUT2D eigenvalue weighted by Gasteiger charge is -2.41. The second kappa shape index (κ2) is 12.1. The standard InChI is InChI=1S/C33H47N7O3/c1-22-10-28(33(4,21-35-22)38-30(41)17-39-9-5-6-23(39)2)14-34-31(42)32(3)12-26-11-25(7-8-29(26)36-20-32)27-13-37-40(16-27)15-24-18-43-19-24/h11-13,16,23-24,28H,5-10,14-15,17-21H2,1-4H3,(H,34,42)(H,38,41)/t23-,28?,32?,33?/m0/s1. The predicted octanol–water partition coefficient (Wildman–Crippen LogP) is 3.05. The Bertz CT molecular complexity index is 1370. The molecule has 2 N–H and O–H groups in total. The van der Waals surface area contributed by atoms with E-state index in [0.717, 1.165) is 81.0 Å². The zero-order valence-electron chi connectivity index (χ0n) is 26.2. The summed E-state index contributed by atoms with van der Waals surface area (Å²) >= 11 is 0. The fourth-order valence-electron chi connectivity index (χ4n) is 7.03. The van der Waals surface area contributed by atoms with Crippen molar-refractivity contribution in [3.63, 3.8) is 0 Å². The molecule has 5 heterocycles. The number of dihydropyridines is 1. The predicted molar refractivity (Wildman–Crippen MR) is 168 cm³/mol. The van der Waals surface area contributed by atoms with Crippen LogP contribution in [0.1, 0.15) is 65.4 Å². The molecule has 4 aliphatic heterocycles. The molecule has 2 saturated heterocycles. The summed E-state index contributed by atoms with van der Waals surface area (Å²) in [5.74, 6) is 0.607. The third-order valence-corrected chi connectivity index (χ3v) is 10.1. The minimum Gasteiger partial charge on any atom is -0.381 e. The summed E-state index contributed by atoms with van der Waals surface area (Å²) in [4.78, 5) is 38.6. The lowest BCUT2D eigenvalue weighted by molar-refractivity contribution is -0.127. The minimum absolute atomic E-state index is 0.0291. The van der Waals surface area contributed by atoms with Crippen LogP contribution in [0.15, 0.2) is 40.1 Å². The first-order valence-electron chi connectivity index (χ1n) is 16.0. The monoisotopic (exact) mass is 589 g/mol. The lowest BCUT2D eigenvalue weighted by Crippen LogP contribution is -2.60. The number of hydrogen-bond acceptors (Lipinski definition) is 7. The molecule has 3 unspecified atom stereocenters. The summed E-state index contributed by atoms with van der Waals surface area (Å²) in [7, 11) is 0. The molecule has 0 saturated carbocycles. The Kier molecular flexibility index (Phi) is 8.43. The number of carbonyl (C=O) groups excluding carboxylic acids is 2. The average Bonchev–Trinajstić information content (AvgIpc) is 3.59. The third-order valence-electron chi connectivity index (χ3n) is 10.1. The number of carbonyl (C=O) groups is 2. The Morgan fingerprint density at radius 3 is 2.74 bits per heavy atom. The van der Waals surface area contributed by atoms with Crippen molar-refractivity contribution in [1.29, 1.82) is 0 Å². The van der Waals surface area contributed by atoms with Gasteiger partial charge < -0.3 is 15.4 Å². The first kappa shape index (κ1) is 29.9. The highest BCUT2D eigenvalue weighted by atomic mass is 16.5. The van der Waals surface area contributed by atoms with Crippen molar-refractivity contribution in [2.24, 2.45) is 27.2 Å². The van der Waals surface area contributed by atoms with Crippen molar-refractivity contribution in [2.75, 3.05) is 45.9 Å². The number of allylic oxidation sites excluding steroid dienone is 3. The molecular formula is C33H47N7O3. The first-order valence-corrected chi connectivity index (χ1v) is 16.0. The molecule has 6 rings (SSSR count). The van der Waals surface area contributed by atoms with E-state index in [-0.39, 0.29) is 17.7 Å². The van der Waals surface area contributed by atoms with Gasteiger partial charge >= 0.3 is 0 Å². The van der Waals surface area contributed by atoms with Crippen molar-refractivity contribution in [3.8, 4) is 0 Å². The van der Waals surface area contributed by atoms with Crippen LogP contribution in [-0.2, 0) is 20.9 Å². The first-order chi connectivity index (χ1) is 20.6. The van der Waals surface area contributed by atoms with Gasteiger partial charge in [-0.2, -0.15) is 5.10 Å². The fourth-order valence-corrected chi connectivity index (χ4v) is 7.03. The van der Waals surface area contributed by atoms with Crippen LogP contribution in [0.2, 0.25) is 0 Å². The van der Waals surface area contributed by atoms with Gasteiger partial charge in [0.1, 0.15) is 0 Å². The Labute approximate surface area is 255 Å². The van der Waals surface area contributed by atoms with Crippen LogP contribution in [0.3, 0.4) is 0 Å². The molecule has 10 nitrogen and oxygen atoms in total. The van der Waals surface area contributed by atoms with Crippen LogP contribution in [0.25, 0.3) is 5.57 Å². The molecule has 0 aromatic carbocycles. The fraction of sp³-hybridized carbons (Fsp3) is 0.667. The summed E-state index contributed by atoms with van der Waals surface area (Å²) in [6.45, 7) is 13.6. The SMILES string of the molecule is CC1=NCC(C)(NC(=O)CN2CCC[C@@H]2C)C(CNC(=O)C2(C)C=C3C=C(c4cnn(CC5COC5)c4)CCC3=NC2)C1. The van der Waals surface area contributed by atoms with E-state index in [4.69, 9.17) is 14.7 Å². The molecule has 4 atom stereocenters. The van der Waals surface area contributed by atoms with E-state index in [1.807, 2.05) is 24.7 Å². The van der Waals surface area contributed by atoms with E-state index in [0.29, 0.717) is 38.1 Å². The topological polar surface area (TPSA) is 113 Å². The number of aliphatic imine (C=N–C) groups is 2. The molecule has 0 bridgehead atoms. The molecule has 0 radical (unpaired) electrons. The maximum atomic E-state index is 13.7. The van der Waals surface area contributed by atoms with E-state index in [2.05, 4.69) is 52.8 Å². The van der Waals surface area contributed by atoms with Gasteiger partial charge in [0.05, 0.1) is 50.0 Å². The van der Waals surface area contributed by atoms with Crippen molar-refractivity contribution in [2.45, 2.75) is 77.9 Å². The highest BCUT2D eigenvalue weighted by Crippen LogP contribution is 2.35. The Hall–Kier alpha value is -3.11. The van der Waals surface area contributed by atoms with Crippen LogP contribution in [0.5, 0.6) is 0 Å².